The molecule has 5 heteroatoms. The topological polar surface area (TPSA) is 89.4 Å². The van der Waals surface area contributed by atoms with Gasteiger partial charge in [-0.3, -0.25) is 10.1 Å². The Morgan fingerprint density at radius 2 is 2.29 bits per heavy atom. The molecule has 1 aromatic carbocycles. The number of aliphatic hydroxyl groups is 1. The first-order valence-electron chi connectivity index (χ1n) is 4.17. The molecule has 14 heavy (non-hydrogen) atoms. The van der Waals surface area contributed by atoms with Gasteiger partial charge in [0.1, 0.15) is 0 Å². The first kappa shape index (κ1) is 10.6. The molecule has 0 saturated carbocycles. The summed E-state index contributed by atoms with van der Waals surface area (Å²) >= 11 is 0. The second-order valence-electron chi connectivity index (χ2n) is 3.11. The van der Waals surface area contributed by atoms with E-state index in [2.05, 4.69) is 0 Å². The molecule has 0 bridgehead atoms. The van der Waals surface area contributed by atoms with Crippen LogP contribution in [-0.4, -0.2) is 16.6 Å². The molecule has 0 amide bonds. The number of hydrogen-bond donors (Lipinski definition) is 2. The molecule has 0 unspecified atom stereocenters. The van der Waals surface area contributed by atoms with Crippen LogP contribution in [0.3, 0.4) is 0 Å². The van der Waals surface area contributed by atoms with Crippen LogP contribution >= 0.6 is 0 Å². The molecule has 0 heterocycles. The Labute approximate surface area is 81.3 Å². The maximum atomic E-state index is 10.6. The molecular formula is C9H12N2O3. The van der Waals surface area contributed by atoms with Crippen molar-refractivity contribution in [3.05, 3.63) is 39.4 Å². The van der Waals surface area contributed by atoms with Crippen molar-refractivity contribution in [1.29, 1.82) is 0 Å². The zero-order valence-corrected chi connectivity index (χ0v) is 7.80. The van der Waals surface area contributed by atoms with E-state index < -0.39 is 11.0 Å². The van der Waals surface area contributed by atoms with Crippen LogP contribution in [0.5, 0.6) is 0 Å². The number of aryl methyl sites for hydroxylation is 1. The van der Waals surface area contributed by atoms with Gasteiger partial charge in [-0.2, -0.15) is 0 Å². The van der Waals surface area contributed by atoms with Crippen molar-refractivity contribution in [2.24, 2.45) is 5.73 Å². The van der Waals surface area contributed by atoms with E-state index in [1.165, 1.54) is 6.07 Å². The molecule has 1 atom stereocenters. The van der Waals surface area contributed by atoms with E-state index in [-0.39, 0.29) is 12.3 Å². The lowest BCUT2D eigenvalue weighted by atomic mass is 10.0. The predicted molar refractivity (Wildman–Crippen MR) is 51.8 cm³/mol. The van der Waals surface area contributed by atoms with Crippen LogP contribution in [-0.2, 0) is 0 Å². The van der Waals surface area contributed by atoms with Gasteiger partial charge in [0.15, 0.2) is 0 Å². The van der Waals surface area contributed by atoms with E-state index in [1.54, 1.807) is 12.1 Å². The summed E-state index contributed by atoms with van der Waals surface area (Å²) in [5.41, 5.74) is 6.76. The molecular weight excluding hydrogens is 184 g/mol. The fraction of sp³-hybridized carbons (Fsp3) is 0.333. The number of benzene rings is 1. The van der Waals surface area contributed by atoms with E-state index in [9.17, 15) is 10.1 Å². The highest BCUT2D eigenvalue weighted by atomic mass is 16.6. The monoisotopic (exact) mass is 196 g/mol. The third-order valence-electron chi connectivity index (χ3n) is 1.98. The number of aliphatic hydroxyl groups excluding tert-OH is 1. The number of rotatable bonds is 3. The smallest absolute Gasteiger partial charge is 0.274 e. The van der Waals surface area contributed by atoms with Gasteiger partial charge < -0.3 is 10.8 Å². The van der Waals surface area contributed by atoms with Crippen molar-refractivity contribution in [3.63, 3.8) is 0 Å². The molecule has 0 radical (unpaired) electrons. The van der Waals surface area contributed by atoms with Gasteiger partial charge in [-0.1, -0.05) is 11.6 Å². The van der Waals surface area contributed by atoms with Crippen LogP contribution in [0.2, 0.25) is 0 Å². The second-order valence-corrected chi connectivity index (χ2v) is 3.11. The third kappa shape index (κ3) is 2.07. The zero-order chi connectivity index (χ0) is 10.7. The molecule has 0 spiro atoms. The SMILES string of the molecule is Cc1ccc([N+](=O)[O-])c([C@H](N)CO)c1. The van der Waals surface area contributed by atoms with E-state index in [0.29, 0.717) is 5.56 Å². The second kappa shape index (κ2) is 4.17. The zero-order valence-electron chi connectivity index (χ0n) is 7.80. The van der Waals surface area contributed by atoms with Gasteiger partial charge in [-0.15, -0.1) is 0 Å². The molecule has 0 aliphatic carbocycles. The molecule has 0 saturated heterocycles. The van der Waals surface area contributed by atoms with Crippen molar-refractivity contribution in [2.75, 3.05) is 6.61 Å². The first-order valence-corrected chi connectivity index (χ1v) is 4.17. The standard InChI is InChI=1S/C9H12N2O3/c1-6-2-3-9(11(13)14)7(4-6)8(10)5-12/h2-4,8,12H,5,10H2,1H3/t8-/m1/s1. The Bertz CT molecular complexity index is 352. The van der Waals surface area contributed by atoms with E-state index >= 15 is 0 Å². The first-order chi connectivity index (χ1) is 6.56. The van der Waals surface area contributed by atoms with E-state index in [0.717, 1.165) is 5.56 Å². The summed E-state index contributed by atoms with van der Waals surface area (Å²) < 4.78 is 0. The Hall–Kier alpha value is -1.46. The summed E-state index contributed by atoms with van der Waals surface area (Å²) in [6.45, 7) is 1.52. The minimum Gasteiger partial charge on any atom is -0.394 e. The molecule has 0 aliphatic rings. The normalized spacial score (nSPS) is 12.5. The molecule has 0 aliphatic heterocycles. The average molecular weight is 196 g/mol. The highest BCUT2D eigenvalue weighted by Crippen LogP contribution is 2.24. The Morgan fingerprint density at radius 3 is 2.79 bits per heavy atom. The summed E-state index contributed by atoms with van der Waals surface area (Å²) in [5, 5.41) is 19.5. The fourth-order valence-corrected chi connectivity index (χ4v) is 1.24. The van der Waals surface area contributed by atoms with Crippen molar-refractivity contribution in [1.82, 2.24) is 0 Å². The van der Waals surface area contributed by atoms with Crippen molar-refractivity contribution in [3.8, 4) is 0 Å². The van der Waals surface area contributed by atoms with Gasteiger partial charge in [0.25, 0.3) is 5.69 Å². The number of nitrogens with zero attached hydrogens (tertiary/aromatic N) is 1. The summed E-state index contributed by atoms with van der Waals surface area (Å²) in [6.07, 6.45) is 0. The Balaban J connectivity index is 3.22. The van der Waals surface area contributed by atoms with Gasteiger partial charge in [0.2, 0.25) is 0 Å². The molecule has 0 aromatic heterocycles. The summed E-state index contributed by atoms with van der Waals surface area (Å²) in [4.78, 5) is 10.1. The summed E-state index contributed by atoms with van der Waals surface area (Å²) in [6, 6.07) is 3.97. The summed E-state index contributed by atoms with van der Waals surface area (Å²) in [5.74, 6) is 0. The van der Waals surface area contributed by atoms with Crippen LogP contribution in [0, 0.1) is 17.0 Å². The lowest BCUT2D eigenvalue weighted by Gasteiger charge is -2.09. The minimum absolute atomic E-state index is 0.0443. The van der Waals surface area contributed by atoms with Crippen LogP contribution in [0.25, 0.3) is 0 Å². The van der Waals surface area contributed by atoms with Gasteiger partial charge in [0.05, 0.1) is 17.6 Å². The Morgan fingerprint density at radius 1 is 1.64 bits per heavy atom. The summed E-state index contributed by atoms with van der Waals surface area (Å²) in [7, 11) is 0. The van der Waals surface area contributed by atoms with Crippen LogP contribution in [0.4, 0.5) is 5.69 Å². The molecule has 5 nitrogen and oxygen atoms in total. The molecule has 1 rings (SSSR count). The quantitative estimate of drug-likeness (QED) is 0.555. The maximum Gasteiger partial charge on any atom is 0.274 e. The van der Waals surface area contributed by atoms with Crippen LogP contribution < -0.4 is 5.73 Å². The molecule has 76 valence electrons. The molecule has 1 aromatic rings. The van der Waals surface area contributed by atoms with E-state index in [1.807, 2.05) is 6.92 Å². The van der Waals surface area contributed by atoms with Gasteiger partial charge in [0, 0.05) is 11.6 Å². The number of nitro groups is 1. The largest absolute Gasteiger partial charge is 0.394 e. The fourth-order valence-electron chi connectivity index (χ4n) is 1.24. The van der Waals surface area contributed by atoms with Gasteiger partial charge >= 0.3 is 0 Å². The third-order valence-corrected chi connectivity index (χ3v) is 1.98. The maximum absolute atomic E-state index is 10.6. The Kier molecular flexibility index (Phi) is 3.16. The van der Waals surface area contributed by atoms with Gasteiger partial charge in [-0.25, -0.2) is 0 Å². The van der Waals surface area contributed by atoms with Crippen molar-refractivity contribution < 1.29 is 10.0 Å². The highest BCUT2D eigenvalue weighted by molar-refractivity contribution is 5.44. The number of hydrogen-bond acceptors (Lipinski definition) is 4. The highest BCUT2D eigenvalue weighted by Gasteiger charge is 2.18. The predicted octanol–water partition coefficient (Wildman–Crippen LogP) is 0.895. The van der Waals surface area contributed by atoms with Crippen molar-refractivity contribution in [2.45, 2.75) is 13.0 Å². The molecule has 3 N–H and O–H groups in total. The van der Waals surface area contributed by atoms with E-state index in [4.69, 9.17) is 10.8 Å². The molecule has 0 fully saturated rings. The minimum atomic E-state index is -0.699. The van der Waals surface area contributed by atoms with Gasteiger partial charge in [-0.05, 0) is 13.0 Å². The van der Waals surface area contributed by atoms with Crippen LogP contribution in [0.15, 0.2) is 18.2 Å². The lowest BCUT2D eigenvalue weighted by Crippen LogP contribution is -2.16. The van der Waals surface area contributed by atoms with Crippen LogP contribution in [0.1, 0.15) is 17.2 Å². The number of nitrogens with two attached hydrogens (primary N) is 1. The van der Waals surface area contributed by atoms with Crippen molar-refractivity contribution >= 4 is 5.69 Å². The number of nitro benzene ring substituents is 1. The average Bonchev–Trinajstić information content (AvgIpc) is 2.16. The lowest BCUT2D eigenvalue weighted by molar-refractivity contribution is -0.385.